The van der Waals surface area contributed by atoms with Crippen molar-refractivity contribution in [1.82, 2.24) is 10.6 Å². The summed E-state index contributed by atoms with van der Waals surface area (Å²) in [4.78, 5) is 23.2. The zero-order chi connectivity index (χ0) is 15.0. The number of carbonyl (C=O) groups excluding carboxylic acids is 2. The van der Waals surface area contributed by atoms with E-state index in [1.54, 1.807) is 13.0 Å². The van der Waals surface area contributed by atoms with Crippen LogP contribution in [-0.4, -0.2) is 31.0 Å². The van der Waals surface area contributed by atoms with E-state index in [9.17, 15) is 9.59 Å². The molecular weight excluding hydrogens is 258 g/mol. The summed E-state index contributed by atoms with van der Waals surface area (Å²) in [5, 5.41) is 5.20. The number of benzene rings is 1. The molecule has 0 spiro atoms. The third-order valence-electron chi connectivity index (χ3n) is 2.67. The molecule has 6 heteroatoms. The van der Waals surface area contributed by atoms with Gasteiger partial charge in [-0.3, -0.25) is 9.59 Å². The van der Waals surface area contributed by atoms with Crippen LogP contribution in [0.3, 0.4) is 0 Å². The van der Waals surface area contributed by atoms with Gasteiger partial charge in [0.1, 0.15) is 11.8 Å². The van der Waals surface area contributed by atoms with Gasteiger partial charge in [0.25, 0.3) is 5.91 Å². The Bertz CT molecular complexity index is 463. The van der Waals surface area contributed by atoms with Crippen molar-refractivity contribution in [3.8, 4) is 5.75 Å². The fourth-order valence-corrected chi connectivity index (χ4v) is 1.63. The second kappa shape index (κ2) is 8.16. The van der Waals surface area contributed by atoms with Crippen LogP contribution in [0.1, 0.15) is 19.4 Å². The van der Waals surface area contributed by atoms with Crippen molar-refractivity contribution in [2.45, 2.75) is 26.4 Å². The summed E-state index contributed by atoms with van der Waals surface area (Å²) >= 11 is 0. The Hall–Kier alpha value is -2.08. The van der Waals surface area contributed by atoms with Gasteiger partial charge >= 0.3 is 0 Å². The molecule has 0 aromatic heterocycles. The minimum Gasteiger partial charge on any atom is -0.483 e. The van der Waals surface area contributed by atoms with Gasteiger partial charge in [-0.05, 0) is 19.9 Å². The predicted octanol–water partition coefficient (Wildman–Crippen LogP) is 0.165. The molecule has 0 aliphatic heterocycles. The normalized spacial score (nSPS) is 11.6. The zero-order valence-electron chi connectivity index (χ0n) is 11.8. The maximum atomic E-state index is 11.7. The van der Waals surface area contributed by atoms with Crippen LogP contribution in [0.4, 0.5) is 0 Å². The first-order chi connectivity index (χ1) is 9.58. The molecule has 1 rings (SSSR count). The Morgan fingerprint density at radius 2 is 2.05 bits per heavy atom. The standard InChI is InChI=1S/C14H21N3O3/c1-3-16-14(19)10(2)17-13(18)9-20-12-7-5-4-6-11(12)8-15/h4-7,10H,3,8-9,15H2,1-2H3,(H,16,19)(H,17,18). The highest BCUT2D eigenvalue weighted by Crippen LogP contribution is 2.16. The fraction of sp³-hybridized carbons (Fsp3) is 0.429. The number of nitrogens with one attached hydrogen (secondary N) is 2. The minimum absolute atomic E-state index is 0.152. The Morgan fingerprint density at radius 1 is 1.35 bits per heavy atom. The molecule has 0 bridgehead atoms. The van der Waals surface area contributed by atoms with Crippen molar-refractivity contribution < 1.29 is 14.3 Å². The summed E-state index contributed by atoms with van der Waals surface area (Å²) in [5.41, 5.74) is 6.41. The van der Waals surface area contributed by atoms with E-state index in [1.807, 2.05) is 25.1 Å². The summed E-state index contributed by atoms with van der Waals surface area (Å²) in [6.45, 7) is 4.16. The molecule has 1 aromatic rings. The topological polar surface area (TPSA) is 93.5 Å². The van der Waals surface area contributed by atoms with E-state index >= 15 is 0 Å². The molecule has 0 aliphatic rings. The summed E-state index contributed by atoms with van der Waals surface area (Å²) in [6.07, 6.45) is 0. The average molecular weight is 279 g/mol. The van der Waals surface area contributed by atoms with Crippen LogP contribution in [0.2, 0.25) is 0 Å². The van der Waals surface area contributed by atoms with Gasteiger partial charge in [-0.25, -0.2) is 0 Å². The van der Waals surface area contributed by atoms with Crippen molar-refractivity contribution in [2.24, 2.45) is 5.73 Å². The highest BCUT2D eigenvalue weighted by Gasteiger charge is 2.15. The lowest BCUT2D eigenvalue weighted by molar-refractivity contribution is -0.129. The summed E-state index contributed by atoms with van der Waals surface area (Å²) < 4.78 is 5.41. The van der Waals surface area contributed by atoms with Crippen LogP contribution in [0.15, 0.2) is 24.3 Å². The monoisotopic (exact) mass is 279 g/mol. The van der Waals surface area contributed by atoms with Crippen molar-refractivity contribution >= 4 is 11.8 Å². The van der Waals surface area contributed by atoms with E-state index in [1.165, 1.54) is 0 Å². The average Bonchev–Trinajstić information content (AvgIpc) is 2.45. The second-order valence-electron chi connectivity index (χ2n) is 4.28. The van der Waals surface area contributed by atoms with Crippen molar-refractivity contribution in [1.29, 1.82) is 0 Å². The van der Waals surface area contributed by atoms with Crippen LogP contribution in [0.25, 0.3) is 0 Å². The third-order valence-corrected chi connectivity index (χ3v) is 2.67. The van der Waals surface area contributed by atoms with Crippen molar-refractivity contribution in [3.63, 3.8) is 0 Å². The number of ether oxygens (including phenoxy) is 1. The molecule has 0 saturated heterocycles. The summed E-state index contributed by atoms with van der Waals surface area (Å²) in [5.74, 6) is 0.00889. The number of rotatable bonds is 7. The largest absolute Gasteiger partial charge is 0.483 e. The molecule has 0 saturated carbocycles. The first-order valence-electron chi connectivity index (χ1n) is 6.56. The number of carbonyl (C=O) groups is 2. The first-order valence-corrected chi connectivity index (χ1v) is 6.56. The Labute approximate surface area is 118 Å². The molecule has 4 N–H and O–H groups in total. The number of hydrogen-bond donors (Lipinski definition) is 3. The smallest absolute Gasteiger partial charge is 0.258 e. The van der Waals surface area contributed by atoms with E-state index < -0.39 is 6.04 Å². The van der Waals surface area contributed by atoms with Gasteiger partial charge < -0.3 is 21.1 Å². The van der Waals surface area contributed by atoms with Crippen LogP contribution < -0.4 is 21.1 Å². The van der Waals surface area contributed by atoms with E-state index in [2.05, 4.69) is 10.6 Å². The van der Waals surface area contributed by atoms with Crippen LogP contribution in [0, 0.1) is 0 Å². The van der Waals surface area contributed by atoms with Crippen molar-refractivity contribution in [2.75, 3.05) is 13.2 Å². The zero-order valence-corrected chi connectivity index (χ0v) is 11.8. The molecule has 0 radical (unpaired) electrons. The van der Waals surface area contributed by atoms with Gasteiger partial charge in [0.2, 0.25) is 5.91 Å². The molecule has 1 unspecified atom stereocenters. The van der Waals surface area contributed by atoms with E-state index in [4.69, 9.17) is 10.5 Å². The number of nitrogens with two attached hydrogens (primary N) is 1. The third kappa shape index (κ3) is 4.89. The quantitative estimate of drug-likeness (QED) is 0.663. The van der Waals surface area contributed by atoms with Gasteiger partial charge in [-0.1, -0.05) is 18.2 Å². The maximum absolute atomic E-state index is 11.7. The minimum atomic E-state index is -0.587. The van der Waals surface area contributed by atoms with Crippen LogP contribution >= 0.6 is 0 Å². The van der Waals surface area contributed by atoms with E-state index in [0.29, 0.717) is 18.8 Å². The number of hydrogen-bond acceptors (Lipinski definition) is 4. The van der Waals surface area contributed by atoms with Crippen LogP contribution in [-0.2, 0) is 16.1 Å². The molecule has 6 nitrogen and oxygen atoms in total. The van der Waals surface area contributed by atoms with Crippen molar-refractivity contribution in [3.05, 3.63) is 29.8 Å². The molecule has 1 aromatic carbocycles. The van der Waals surface area contributed by atoms with E-state index in [0.717, 1.165) is 5.56 Å². The molecular formula is C14H21N3O3. The molecule has 0 fully saturated rings. The Morgan fingerprint density at radius 3 is 2.70 bits per heavy atom. The molecule has 0 heterocycles. The summed E-state index contributed by atoms with van der Waals surface area (Å²) in [6, 6.07) is 6.67. The van der Waals surface area contributed by atoms with Gasteiger partial charge in [0.15, 0.2) is 6.61 Å². The van der Waals surface area contributed by atoms with Crippen LogP contribution in [0.5, 0.6) is 5.75 Å². The van der Waals surface area contributed by atoms with Gasteiger partial charge in [0, 0.05) is 18.7 Å². The maximum Gasteiger partial charge on any atom is 0.258 e. The Kier molecular flexibility index (Phi) is 6.52. The second-order valence-corrected chi connectivity index (χ2v) is 4.28. The Balaban J connectivity index is 2.45. The molecule has 110 valence electrons. The number of likely N-dealkylation sites (N-methyl/N-ethyl adjacent to an activating group) is 1. The fourth-order valence-electron chi connectivity index (χ4n) is 1.63. The lowest BCUT2D eigenvalue weighted by Gasteiger charge is -2.14. The highest BCUT2D eigenvalue weighted by atomic mass is 16.5. The lowest BCUT2D eigenvalue weighted by Crippen LogP contribution is -2.46. The van der Waals surface area contributed by atoms with E-state index in [-0.39, 0.29) is 18.4 Å². The highest BCUT2D eigenvalue weighted by molar-refractivity contribution is 5.87. The first kappa shape index (κ1) is 16.0. The predicted molar refractivity (Wildman–Crippen MR) is 76.1 cm³/mol. The van der Waals surface area contributed by atoms with Gasteiger partial charge in [-0.15, -0.1) is 0 Å². The molecule has 1 atom stereocenters. The van der Waals surface area contributed by atoms with Gasteiger partial charge in [-0.2, -0.15) is 0 Å². The van der Waals surface area contributed by atoms with Gasteiger partial charge in [0.05, 0.1) is 0 Å². The molecule has 20 heavy (non-hydrogen) atoms. The summed E-state index contributed by atoms with van der Waals surface area (Å²) in [7, 11) is 0. The number of para-hydroxylation sites is 1. The molecule has 0 aliphatic carbocycles. The molecule has 2 amide bonds. The SMILES string of the molecule is CCNC(=O)C(C)NC(=O)COc1ccccc1CN. The number of amides is 2. The lowest BCUT2D eigenvalue weighted by atomic mass is 10.2.